The highest BCUT2D eigenvalue weighted by molar-refractivity contribution is 5.18. The average Bonchev–Trinajstić information content (AvgIpc) is 2.39. The molecule has 0 aliphatic heterocycles. The summed E-state index contributed by atoms with van der Waals surface area (Å²) in [6.07, 6.45) is 5.84. The summed E-state index contributed by atoms with van der Waals surface area (Å²) in [5.74, 6) is 1.21. The summed E-state index contributed by atoms with van der Waals surface area (Å²) in [6, 6.07) is 0. The van der Waals surface area contributed by atoms with E-state index in [9.17, 15) is 5.11 Å². The van der Waals surface area contributed by atoms with Crippen molar-refractivity contribution in [1.29, 1.82) is 0 Å². The maximum Gasteiger partial charge on any atom is 0.0537 e. The second-order valence-corrected chi connectivity index (χ2v) is 5.84. The Balaban J connectivity index is 2.42. The van der Waals surface area contributed by atoms with Gasteiger partial charge in [-0.3, -0.25) is 0 Å². The van der Waals surface area contributed by atoms with E-state index in [0.717, 1.165) is 12.3 Å². The first-order valence-electron chi connectivity index (χ1n) is 6.21. The molecule has 0 fully saturated rings. The lowest BCUT2D eigenvalue weighted by Crippen LogP contribution is -2.22. The lowest BCUT2D eigenvalue weighted by molar-refractivity contribution is 0.120. The zero-order chi connectivity index (χ0) is 11.6. The van der Waals surface area contributed by atoms with E-state index in [0.29, 0.717) is 11.3 Å². The maximum absolute atomic E-state index is 9.46. The molecule has 0 spiro atoms. The topological polar surface area (TPSA) is 20.2 Å². The largest absolute Gasteiger partial charge is 0.393 e. The molecule has 0 aromatic heterocycles. The highest BCUT2D eigenvalue weighted by Crippen LogP contribution is 2.45. The Kier molecular flexibility index (Phi) is 3.99. The third-order valence-electron chi connectivity index (χ3n) is 4.54. The van der Waals surface area contributed by atoms with Crippen molar-refractivity contribution in [2.45, 2.75) is 60.0 Å². The Hall–Kier alpha value is -0.300. The molecule has 0 radical (unpaired) electrons. The first-order chi connectivity index (χ1) is 6.85. The normalized spacial score (nSPS) is 28.7. The molecule has 1 aliphatic rings. The maximum atomic E-state index is 9.46. The molecule has 0 heterocycles. The van der Waals surface area contributed by atoms with Gasteiger partial charge < -0.3 is 5.11 Å². The van der Waals surface area contributed by atoms with Gasteiger partial charge in [0.25, 0.3) is 0 Å². The van der Waals surface area contributed by atoms with E-state index in [-0.39, 0.29) is 6.10 Å². The summed E-state index contributed by atoms with van der Waals surface area (Å²) in [4.78, 5) is 0. The first-order valence-corrected chi connectivity index (χ1v) is 6.21. The van der Waals surface area contributed by atoms with Crippen LogP contribution in [0.1, 0.15) is 53.9 Å². The van der Waals surface area contributed by atoms with Crippen LogP contribution in [0.5, 0.6) is 0 Å². The van der Waals surface area contributed by atoms with Crippen molar-refractivity contribution in [2.75, 3.05) is 0 Å². The first kappa shape index (κ1) is 12.8. The summed E-state index contributed by atoms with van der Waals surface area (Å²) in [5.41, 5.74) is 1.91. The van der Waals surface area contributed by atoms with Crippen LogP contribution in [0.3, 0.4) is 0 Å². The van der Waals surface area contributed by atoms with Crippen LogP contribution in [-0.4, -0.2) is 11.2 Å². The van der Waals surface area contributed by atoms with Gasteiger partial charge in [-0.25, -0.2) is 0 Å². The highest BCUT2D eigenvalue weighted by atomic mass is 16.3. The lowest BCUT2D eigenvalue weighted by atomic mass is 9.74. The molecular weight excluding hydrogens is 184 g/mol. The van der Waals surface area contributed by atoms with Gasteiger partial charge in [0.05, 0.1) is 6.10 Å². The Morgan fingerprint density at radius 1 is 1.47 bits per heavy atom. The van der Waals surface area contributed by atoms with Gasteiger partial charge in [0.15, 0.2) is 0 Å². The summed E-state index contributed by atoms with van der Waals surface area (Å²) in [6.45, 7) is 11.0. The van der Waals surface area contributed by atoms with Gasteiger partial charge >= 0.3 is 0 Å². The molecule has 1 aliphatic carbocycles. The summed E-state index contributed by atoms with van der Waals surface area (Å²) >= 11 is 0. The molecule has 1 heteroatoms. The van der Waals surface area contributed by atoms with Gasteiger partial charge in [0.2, 0.25) is 0 Å². The van der Waals surface area contributed by atoms with Gasteiger partial charge in [-0.05, 0) is 50.4 Å². The minimum atomic E-state index is -0.163. The van der Waals surface area contributed by atoms with Crippen LogP contribution in [0.2, 0.25) is 0 Å². The van der Waals surface area contributed by atoms with Crippen LogP contribution in [0.4, 0.5) is 0 Å². The van der Waals surface area contributed by atoms with Crippen LogP contribution in [0.15, 0.2) is 11.6 Å². The van der Waals surface area contributed by atoms with Crippen molar-refractivity contribution in [1.82, 2.24) is 0 Å². The Bertz CT molecular complexity index is 238. The third kappa shape index (κ3) is 2.84. The van der Waals surface area contributed by atoms with Crippen molar-refractivity contribution in [3.05, 3.63) is 11.6 Å². The quantitative estimate of drug-likeness (QED) is 0.700. The fourth-order valence-electron chi connectivity index (χ4n) is 2.38. The number of aliphatic hydroxyl groups excluding tert-OH is 1. The van der Waals surface area contributed by atoms with E-state index in [2.05, 4.69) is 33.8 Å². The van der Waals surface area contributed by atoms with E-state index in [4.69, 9.17) is 0 Å². The average molecular weight is 210 g/mol. The smallest absolute Gasteiger partial charge is 0.0537 e. The molecule has 0 bridgehead atoms. The van der Waals surface area contributed by atoms with E-state index in [1.54, 1.807) is 0 Å². The van der Waals surface area contributed by atoms with Gasteiger partial charge in [0, 0.05) is 0 Å². The molecule has 1 rings (SSSR count). The number of aliphatic hydroxyl groups is 1. The monoisotopic (exact) mass is 210 g/mol. The molecule has 15 heavy (non-hydrogen) atoms. The summed E-state index contributed by atoms with van der Waals surface area (Å²) in [5, 5.41) is 9.46. The number of allylic oxidation sites excluding steroid dienone is 2. The van der Waals surface area contributed by atoms with Gasteiger partial charge in [-0.2, -0.15) is 0 Å². The van der Waals surface area contributed by atoms with Crippen LogP contribution in [0, 0.1) is 17.3 Å². The molecule has 0 aromatic carbocycles. The Morgan fingerprint density at radius 2 is 2.07 bits per heavy atom. The molecule has 3 atom stereocenters. The molecule has 1 N–H and O–H groups in total. The molecule has 0 unspecified atom stereocenters. The van der Waals surface area contributed by atoms with Crippen molar-refractivity contribution < 1.29 is 5.11 Å². The second-order valence-electron chi connectivity index (χ2n) is 5.84. The van der Waals surface area contributed by atoms with Crippen LogP contribution < -0.4 is 0 Å². The number of hydrogen-bond donors (Lipinski definition) is 1. The van der Waals surface area contributed by atoms with Crippen LogP contribution >= 0.6 is 0 Å². The summed E-state index contributed by atoms with van der Waals surface area (Å²) in [7, 11) is 0. The standard InChI is InChI=1S/C14H26O/c1-10(12(3)15)6-8-13-9-7-11(2)14(13,4)5/h7,10,12-13,15H,6,8-9H2,1-5H3/t10-,12-,13-/m0/s1. The lowest BCUT2D eigenvalue weighted by Gasteiger charge is -2.30. The Labute approximate surface area is 94.6 Å². The van der Waals surface area contributed by atoms with Crippen LogP contribution in [0.25, 0.3) is 0 Å². The molecule has 88 valence electrons. The molecule has 0 saturated carbocycles. The van der Waals surface area contributed by atoms with Crippen LogP contribution in [-0.2, 0) is 0 Å². The van der Waals surface area contributed by atoms with Gasteiger partial charge in [0.1, 0.15) is 0 Å². The van der Waals surface area contributed by atoms with Gasteiger partial charge in [-0.15, -0.1) is 0 Å². The predicted octanol–water partition coefficient (Wildman–Crippen LogP) is 3.78. The van der Waals surface area contributed by atoms with E-state index in [1.807, 2.05) is 6.92 Å². The minimum absolute atomic E-state index is 0.163. The zero-order valence-corrected chi connectivity index (χ0v) is 10.9. The SMILES string of the molecule is CC1=CC[C@H](CC[C@H](C)[C@H](C)O)C1(C)C. The predicted molar refractivity (Wildman–Crippen MR) is 65.7 cm³/mol. The van der Waals surface area contributed by atoms with E-state index >= 15 is 0 Å². The molecule has 1 nitrogen and oxygen atoms in total. The molecular formula is C14H26O. The van der Waals surface area contributed by atoms with E-state index < -0.39 is 0 Å². The number of hydrogen-bond acceptors (Lipinski definition) is 1. The van der Waals surface area contributed by atoms with Gasteiger partial charge in [-0.1, -0.05) is 32.4 Å². The second kappa shape index (κ2) is 4.69. The van der Waals surface area contributed by atoms with Crippen molar-refractivity contribution in [3.63, 3.8) is 0 Å². The molecule has 0 aromatic rings. The van der Waals surface area contributed by atoms with E-state index in [1.165, 1.54) is 18.4 Å². The fraction of sp³-hybridized carbons (Fsp3) is 0.857. The van der Waals surface area contributed by atoms with Crippen molar-refractivity contribution >= 4 is 0 Å². The third-order valence-corrected chi connectivity index (χ3v) is 4.54. The number of rotatable bonds is 4. The molecule has 0 amide bonds. The fourth-order valence-corrected chi connectivity index (χ4v) is 2.38. The molecule has 0 saturated heterocycles. The highest BCUT2D eigenvalue weighted by Gasteiger charge is 2.34. The zero-order valence-electron chi connectivity index (χ0n) is 10.9. The Morgan fingerprint density at radius 3 is 2.47 bits per heavy atom. The summed E-state index contributed by atoms with van der Waals surface area (Å²) < 4.78 is 0. The minimum Gasteiger partial charge on any atom is -0.393 e. The van der Waals surface area contributed by atoms with Crippen molar-refractivity contribution in [2.24, 2.45) is 17.3 Å². The van der Waals surface area contributed by atoms with Crippen molar-refractivity contribution in [3.8, 4) is 0 Å².